The Hall–Kier alpha value is -2.11. The van der Waals surface area contributed by atoms with Crippen molar-refractivity contribution in [1.82, 2.24) is 9.55 Å². The van der Waals surface area contributed by atoms with Crippen LogP contribution in [-0.2, 0) is 16.1 Å². The zero-order chi connectivity index (χ0) is 18.5. The Morgan fingerprint density at radius 1 is 1.08 bits per heavy atom. The zero-order valence-corrected chi connectivity index (χ0v) is 15.2. The fraction of sp³-hybridized carbons (Fsp3) is 0.632. The molecule has 6 heteroatoms. The minimum Gasteiger partial charge on any atom is -0.463 e. The lowest BCUT2D eigenvalue weighted by Gasteiger charge is -2.06. The molecule has 1 rings (SSSR count). The normalized spacial score (nSPS) is 10.6. The number of hydrogen-bond donors (Lipinski definition) is 1. The summed E-state index contributed by atoms with van der Waals surface area (Å²) in [5.74, 6) is -0.348. The van der Waals surface area contributed by atoms with E-state index >= 15 is 0 Å². The Morgan fingerprint density at radius 2 is 1.64 bits per heavy atom. The van der Waals surface area contributed by atoms with Crippen LogP contribution in [0.3, 0.4) is 0 Å². The molecular weight excluding hydrogens is 320 g/mol. The first-order valence-electron chi connectivity index (χ1n) is 9.14. The highest BCUT2D eigenvalue weighted by atomic mass is 16.5. The summed E-state index contributed by atoms with van der Waals surface area (Å²) in [6.45, 7) is 6.19. The van der Waals surface area contributed by atoms with E-state index < -0.39 is 0 Å². The van der Waals surface area contributed by atoms with E-state index in [0.717, 1.165) is 38.5 Å². The van der Waals surface area contributed by atoms with Gasteiger partial charge in [-0.1, -0.05) is 51.5 Å². The highest BCUT2D eigenvalue weighted by Crippen LogP contribution is 2.10. The number of ether oxygens (including phenoxy) is 1. The molecule has 0 aliphatic rings. The predicted molar refractivity (Wildman–Crippen MR) is 98.8 cm³/mol. The Bertz CT molecular complexity index is 646. The van der Waals surface area contributed by atoms with Gasteiger partial charge in [-0.2, -0.15) is 0 Å². The molecule has 0 fully saturated rings. The van der Waals surface area contributed by atoms with Gasteiger partial charge in [-0.25, -0.2) is 9.59 Å². The first kappa shape index (κ1) is 20.9. The number of nitrogens with one attached hydrogen (secondary N) is 1. The second kappa shape index (κ2) is 12.3. The van der Waals surface area contributed by atoms with Crippen molar-refractivity contribution in [2.45, 2.75) is 71.3 Å². The van der Waals surface area contributed by atoms with Gasteiger partial charge in [0.15, 0.2) is 0 Å². The number of rotatable bonds is 13. The number of H-pyrrole nitrogens is 1. The van der Waals surface area contributed by atoms with Crippen LogP contribution in [0.2, 0.25) is 0 Å². The van der Waals surface area contributed by atoms with E-state index in [-0.39, 0.29) is 17.2 Å². The summed E-state index contributed by atoms with van der Waals surface area (Å²) < 4.78 is 6.50. The molecule has 0 atom stereocenters. The van der Waals surface area contributed by atoms with Crippen LogP contribution in [0, 0.1) is 6.92 Å². The summed E-state index contributed by atoms with van der Waals surface area (Å²) >= 11 is 0. The van der Waals surface area contributed by atoms with Gasteiger partial charge in [-0.05, 0) is 19.8 Å². The molecule has 1 N–H and O–H groups in total. The Balaban J connectivity index is 1.96. The third-order valence-corrected chi connectivity index (χ3v) is 4.14. The van der Waals surface area contributed by atoms with Gasteiger partial charge in [0.2, 0.25) is 0 Å². The topological polar surface area (TPSA) is 81.2 Å². The van der Waals surface area contributed by atoms with Crippen LogP contribution in [0.4, 0.5) is 0 Å². The van der Waals surface area contributed by atoms with Crippen molar-refractivity contribution in [2.75, 3.05) is 6.61 Å². The summed E-state index contributed by atoms with van der Waals surface area (Å²) in [7, 11) is 0. The number of aryl methyl sites for hydroxylation is 2. The average molecular weight is 350 g/mol. The summed E-state index contributed by atoms with van der Waals surface area (Å²) in [5, 5.41) is 0. The third-order valence-electron chi connectivity index (χ3n) is 4.14. The van der Waals surface area contributed by atoms with Crippen LogP contribution in [0.5, 0.6) is 0 Å². The third kappa shape index (κ3) is 9.08. The number of carbonyl (C=O) groups excluding carboxylic acids is 1. The molecule has 1 aromatic heterocycles. The van der Waals surface area contributed by atoms with E-state index in [2.05, 4.69) is 11.6 Å². The van der Waals surface area contributed by atoms with Crippen LogP contribution < -0.4 is 11.2 Å². The molecule has 0 aliphatic carbocycles. The fourth-order valence-electron chi connectivity index (χ4n) is 2.64. The number of aromatic amines is 1. The second-order valence-corrected chi connectivity index (χ2v) is 6.32. The van der Waals surface area contributed by atoms with Gasteiger partial charge in [0.05, 0.1) is 6.61 Å². The average Bonchev–Trinajstić information content (AvgIpc) is 2.59. The minimum atomic E-state index is -0.348. The van der Waals surface area contributed by atoms with Gasteiger partial charge in [0.1, 0.15) is 0 Å². The van der Waals surface area contributed by atoms with Gasteiger partial charge in [0.25, 0.3) is 5.56 Å². The summed E-state index contributed by atoms with van der Waals surface area (Å²) in [4.78, 5) is 36.1. The number of esters is 1. The lowest BCUT2D eigenvalue weighted by molar-refractivity contribution is -0.137. The molecule has 1 heterocycles. The number of unbranched alkanes of at least 4 members (excludes halogenated alkanes) is 8. The lowest BCUT2D eigenvalue weighted by Crippen LogP contribution is -2.30. The molecule has 0 saturated carbocycles. The molecule has 0 saturated heterocycles. The molecule has 0 radical (unpaired) electrons. The molecule has 6 nitrogen and oxygen atoms in total. The van der Waals surface area contributed by atoms with Crippen LogP contribution in [0.15, 0.2) is 28.4 Å². The van der Waals surface area contributed by atoms with Gasteiger partial charge in [-0.15, -0.1) is 0 Å². The van der Waals surface area contributed by atoms with E-state index in [9.17, 15) is 14.4 Å². The monoisotopic (exact) mass is 350 g/mol. The van der Waals surface area contributed by atoms with E-state index in [1.165, 1.54) is 25.3 Å². The largest absolute Gasteiger partial charge is 0.463 e. The van der Waals surface area contributed by atoms with Crippen LogP contribution >= 0.6 is 0 Å². The molecule has 0 unspecified atom stereocenters. The molecule has 0 aromatic carbocycles. The quantitative estimate of drug-likeness (QED) is 0.337. The first-order valence-corrected chi connectivity index (χ1v) is 9.14. The molecule has 0 aliphatic heterocycles. The van der Waals surface area contributed by atoms with Crippen molar-refractivity contribution in [1.29, 1.82) is 0 Å². The highest BCUT2D eigenvalue weighted by Gasteiger charge is 2.00. The maximum atomic E-state index is 11.6. The van der Waals surface area contributed by atoms with Crippen molar-refractivity contribution in [2.24, 2.45) is 0 Å². The number of carbonyl (C=O) groups is 1. The zero-order valence-electron chi connectivity index (χ0n) is 15.2. The van der Waals surface area contributed by atoms with Gasteiger partial charge in [-0.3, -0.25) is 9.78 Å². The van der Waals surface area contributed by atoms with Crippen molar-refractivity contribution in [3.63, 3.8) is 0 Å². The number of hydrogen-bond acceptors (Lipinski definition) is 4. The van der Waals surface area contributed by atoms with Gasteiger partial charge < -0.3 is 9.30 Å². The standard InChI is InChI=1S/C19H30N2O4/c1-3-17(22)25-14-12-10-8-6-4-5-7-9-11-13-21-15-16(2)18(23)20-19(21)24/h3,15H,1,4-14H2,2H3,(H,20,23,24). The second-order valence-electron chi connectivity index (χ2n) is 6.32. The molecule has 1 aromatic rings. The molecule has 25 heavy (non-hydrogen) atoms. The number of aromatic nitrogens is 2. The fourth-order valence-corrected chi connectivity index (χ4v) is 2.64. The van der Waals surface area contributed by atoms with Crippen LogP contribution in [0.25, 0.3) is 0 Å². The summed E-state index contributed by atoms with van der Waals surface area (Å²) in [6.07, 6.45) is 12.8. The lowest BCUT2D eigenvalue weighted by atomic mass is 10.1. The first-order chi connectivity index (χ1) is 12.0. The maximum absolute atomic E-state index is 11.6. The Morgan fingerprint density at radius 3 is 2.24 bits per heavy atom. The Labute approximate surface area is 148 Å². The van der Waals surface area contributed by atoms with Crippen molar-refractivity contribution in [3.05, 3.63) is 45.3 Å². The van der Waals surface area contributed by atoms with Gasteiger partial charge in [0, 0.05) is 24.4 Å². The smallest absolute Gasteiger partial charge is 0.330 e. The predicted octanol–water partition coefficient (Wildman–Crippen LogP) is 3.09. The van der Waals surface area contributed by atoms with E-state index in [1.807, 2.05) is 0 Å². The SMILES string of the molecule is C=CC(=O)OCCCCCCCCCCCn1cc(C)c(=O)[nH]c1=O. The molecule has 0 bridgehead atoms. The van der Waals surface area contributed by atoms with Crippen molar-refractivity contribution < 1.29 is 9.53 Å². The van der Waals surface area contributed by atoms with Crippen molar-refractivity contribution >= 4 is 5.97 Å². The summed E-state index contributed by atoms with van der Waals surface area (Å²) in [5.41, 5.74) is -0.0617. The Kier molecular flexibility index (Phi) is 10.3. The molecular formula is C19H30N2O4. The van der Waals surface area contributed by atoms with E-state index in [1.54, 1.807) is 17.7 Å². The maximum Gasteiger partial charge on any atom is 0.330 e. The summed E-state index contributed by atoms with van der Waals surface area (Å²) in [6, 6.07) is 0. The van der Waals surface area contributed by atoms with Crippen LogP contribution in [0.1, 0.15) is 63.4 Å². The molecule has 0 amide bonds. The number of nitrogens with zero attached hydrogens (tertiary/aromatic N) is 1. The molecule has 140 valence electrons. The minimum absolute atomic E-state index is 0.305. The molecule has 0 spiro atoms. The van der Waals surface area contributed by atoms with Crippen molar-refractivity contribution in [3.8, 4) is 0 Å². The van der Waals surface area contributed by atoms with Crippen LogP contribution in [-0.4, -0.2) is 22.1 Å². The van der Waals surface area contributed by atoms with Gasteiger partial charge >= 0.3 is 11.7 Å². The van der Waals surface area contributed by atoms with E-state index in [4.69, 9.17) is 4.74 Å². The highest BCUT2D eigenvalue weighted by molar-refractivity contribution is 5.81. The van der Waals surface area contributed by atoms with E-state index in [0.29, 0.717) is 18.7 Å².